The normalized spacial score (nSPS) is 11.6. The molecular weight excluding hydrogens is 748 g/mol. The van der Waals surface area contributed by atoms with Crippen molar-refractivity contribution in [3.8, 4) is 34.1 Å². The number of benzene rings is 4. The number of nitrogens with zero attached hydrogens (tertiary/aromatic N) is 4. The van der Waals surface area contributed by atoms with Crippen molar-refractivity contribution in [3.05, 3.63) is 132 Å². The summed E-state index contributed by atoms with van der Waals surface area (Å²) in [6.45, 7) is 11.0. The zero-order chi connectivity index (χ0) is 31.1. The first-order chi connectivity index (χ1) is 21.8. The van der Waals surface area contributed by atoms with Crippen LogP contribution in [0.3, 0.4) is 0 Å². The van der Waals surface area contributed by atoms with Gasteiger partial charge in [0, 0.05) is 34.2 Å². The standard InChI is InChI=1S/C40H36N4O.Pt/c1-6-13-34-38(28-14-8-7-9-15-28)39(40(3,4)5)44(42-34)29-16-12-17-30(25-29)45-31-20-21-33-32-18-10-11-19-35(32)43(36(33)26-31)37-24-27(2)22-23-41-37;/h7-12,14-24H,6,13H2,1-5H3;/q-2;+2. The predicted octanol–water partition coefficient (Wildman–Crippen LogP) is 9.98. The van der Waals surface area contributed by atoms with Crippen molar-refractivity contribution < 1.29 is 25.8 Å². The summed E-state index contributed by atoms with van der Waals surface area (Å²) in [6, 6.07) is 40.2. The third kappa shape index (κ3) is 5.81. The van der Waals surface area contributed by atoms with Crippen LogP contribution in [0, 0.1) is 19.1 Å². The van der Waals surface area contributed by atoms with Crippen molar-refractivity contribution in [3.63, 3.8) is 0 Å². The number of ether oxygens (including phenoxy) is 1. The molecule has 0 aliphatic carbocycles. The third-order valence-corrected chi connectivity index (χ3v) is 8.11. The molecule has 7 aromatic rings. The predicted molar refractivity (Wildman–Crippen MR) is 183 cm³/mol. The van der Waals surface area contributed by atoms with Gasteiger partial charge < -0.3 is 9.30 Å². The maximum atomic E-state index is 6.47. The molecule has 0 N–H and O–H groups in total. The van der Waals surface area contributed by atoms with Crippen LogP contribution in [0.5, 0.6) is 11.5 Å². The molecule has 3 heterocycles. The molecule has 0 saturated carbocycles. The van der Waals surface area contributed by atoms with Gasteiger partial charge in [-0.1, -0.05) is 88.2 Å². The van der Waals surface area contributed by atoms with Gasteiger partial charge in [0.05, 0.1) is 11.4 Å². The number of pyridine rings is 1. The molecule has 4 aromatic carbocycles. The Hall–Kier alpha value is -4.47. The summed E-state index contributed by atoms with van der Waals surface area (Å²) < 4.78 is 10.7. The van der Waals surface area contributed by atoms with E-state index in [1.807, 2.05) is 36.5 Å². The summed E-state index contributed by atoms with van der Waals surface area (Å²) in [5, 5.41) is 7.44. The maximum Gasteiger partial charge on any atom is 2.00 e. The van der Waals surface area contributed by atoms with Gasteiger partial charge in [-0.15, -0.1) is 35.7 Å². The molecule has 0 unspecified atom stereocenters. The summed E-state index contributed by atoms with van der Waals surface area (Å²) in [5.41, 5.74) is 8.49. The fourth-order valence-corrected chi connectivity index (χ4v) is 6.20. The Morgan fingerprint density at radius 2 is 1.57 bits per heavy atom. The van der Waals surface area contributed by atoms with Crippen molar-refractivity contribution in [2.75, 3.05) is 0 Å². The minimum Gasteiger partial charge on any atom is -0.509 e. The summed E-state index contributed by atoms with van der Waals surface area (Å²) in [4.78, 5) is 4.70. The quantitative estimate of drug-likeness (QED) is 0.151. The average Bonchev–Trinajstić information content (AvgIpc) is 3.58. The summed E-state index contributed by atoms with van der Waals surface area (Å²) >= 11 is 0. The van der Waals surface area contributed by atoms with Gasteiger partial charge in [0.2, 0.25) is 0 Å². The molecule has 46 heavy (non-hydrogen) atoms. The first-order valence-corrected chi connectivity index (χ1v) is 15.6. The van der Waals surface area contributed by atoms with Crippen LogP contribution in [0.2, 0.25) is 0 Å². The van der Waals surface area contributed by atoms with Crippen LogP contribution in [0.1, 0.15) is 51.1 Å². The first kappa shape index (κ1) is 31.5. The van der Waals surface area contributed by atoms with E-state index in [9.17, 15) is 0 Å². The molecule has 0 saturated heterocycles. The van der Waals surface area contributed by atoms with E-state index in [0.29, 0.717) is 11.5 Å². The van der Waals surface area contributed by atoms with E-state index in [1.54, 1.807) is 0 Å². The number of fused-ring (bicyclic) bond motifs is 3. The van der Waals surface area contributed by atoms with Crippen molar-refractivity contribution in [2.24, 2.45) is 0 Å². The van der Waals surface area contributed by atoms with Crippen LogP contribution in [0.15, 0.2) is 103 Å². The molecule has 232 valence electrons. The number of aryl methyl sites for hydroxylation is 2. The topological polar surface area (TPSA) is 44.9 Å². The summed E-state index contributed by atoms with van der Waals surface area (Å²) in [6.07, 6.45) is 3.76. The van der Waals surface area contributed by atoms with Crippen LogP contribution in [0.4, 0.5) is 0 Å². The molecule has 7 rings (SSSR count). The van der Waals surface area contributed by atoms with Crippen molar-refractivity contribution in [1.82, 2.24) is 19.3 Å². The van der Waals surface area contributed by atoms with E-state index in [4.69, 9.17) is 14.8 Å². The Morgan fingerprint density at radius 3 is 2.33 bits per heavy atom. The molecule has 0 fully saturated rings. The van der Waals surface area contributed by atoms with E-state index < -0.39 is 0 Å². The van der Waals surface area contributed by atoms with E-state index in [1.165, 1.54) is 11.1 Å². The van der Waals surface area contributed by atoms with E-state index >= 15 is 0 Å². The largest absolute Gasteiger partial charge is 2.00 e. The number of rotatable bonds is 7. The van der Waals surface area contributed by atoms with Gasteiger partial charge in [-0.2, -0.15) is 17.2 Å². The molecule has 0 spiro atoms. The summed E-state index contributed by atoms with van der Waals surface area (Å²) in [7, 11) is 0. The molecule has 5 nitrogen and oxygen atoms in total. The van der Waals surface area contributed by atoms with Crippen molar-refractivity contribution in [1.29, 1.82) is 0 Å². The van der Waals surface area contributed by atoms with Gasteiger partial charge in [0.1, 0.15) is 5.82 Å². The monoisotopic (exact) mass is 783 g/mol. The second-order valence-electron chi connectivity index (χ2n) is 12.6. The molecule has 6 heteroatoms. The SMILES string of the molecule is CCCc1nn(-c2[c-]c(Oc3[c-]c4c(cc3)c3ccccc3n4-c3cc(C)ccn3)ccc2)c(C(C)(C)C)c1-c1ccccc1.[Pt+2]. The number of hydrogen-bond acceptors (Lipinski definition) is 3. The van der Waals surface area contributed by atoms with Crippen LogP contribution in [0.25, 0.3) is 44.4 Å². The molecule has 0 amide bonds. The Morgan fingerprint density at radius 1 is 0.804 bits per heavy atom. The fourth-order valence-electron chi connectivity index (χ4n) is 6.20. The molecule has 0 aliphatic heterocycles. The van der Waals surface area contributed by atoms with Crippen LogP contribution < -0.4 is 4.74 Å². The van der Waals surface area contributed by atoms with Gasteiger partial charge in [-0.25, -0.2) is 4.98 Å². The van der Waals surface area contributed by atoms with Crippen molar-refractivity contribution >= 4 is 21.8 Å². The number of hydrogen-bond donors (Lipinski definition) is 0. The first-order valence-electron chi connectivity index (χ1n) is 15.6. The van der Waals surface area contributed by atoms with Gasteiger partial charge in [-0.3, -0.25) is 4.68 Å². The molecule has 0 radical (unpaired) electrons. The maximum absolute atomic E-state index is 6.47. The van der Waals surface area contributed by atoms with Gasteiger partial charge in [-0.05, 0) is 53.7 Å². The second-order valence-corrected chi connectivity index (χ2v) is 12.6. The smallest absolute Gasteiger partial charge is 0.509 e. The molecule has 0 aliphatic rings. The van der Waals surface area contributed by atoms with Crippen LogP contribution >= 0.6 is 0 Å². The van der Waals surface area contributed by atoms with Crippen molar-refractivity contribution in [2.45, 2.75) is 52.9 Å². The Kier molecular flexibility index (Phi) is 8.72. The van der Waals surface area contributed by atoms with Gasteiger partial charge >= 0.3 is 21.1 Å². The molecule has 3 aromatic heterocycles. The number of aromatic nitrogens is 4. The van der Waals surface area contributed by atoms with Crippen LogP contribution in [-0.4, -0.2) is 19.3 Å². The van der Waals surface area contributed by atoms with E-state index in [0.717, 1.165) is 63.1 Å². The fraction of sp³-hybridized carbons (Fsp3) is 0.200. The van der Waals surface area contributed by atoms with Gasteiger partial charge in [0.25, 0.3) is 0 Å². The Bertz CT molecular complexity index is 2150. The zero-order valence-corrected chi connectivity index (χ0v) is 29.0. The number of para-hydroxylation sites is 1. The minimum absolute atomic E-state index is 0. The van der Waals surface area contributed by atoms with E-state index in [2.05, 4.69) is 123 Å². The van der Waals surface area contributed by atoms with E-state index in [-0.39, 0.29) is 26.5 Å². The zero-order valence-electron chi connectivity index (χ0n) is 26.7. The molecule has 0 bridgehead atoms. The minimum atomic E-state index is -0.162. The van der Waals surface area contributed by atoms with Crippen LogP contribution in [-0.2, 0) is 32.9 Å². The Labute approximate surface area is 285 Å². The second kappa shape index (κ2) is 12.7. The average molecular weight is 784 g/mol. The summed E-state index contributed by atoms with van der Waals surface area (Å²) in [5.74, 6) is 2.07. The molecule has 0 atom stereocenters. The third-order valence-electron chi connectivity index (χ3n) is 8.11. The molecular formula is C40H36N4OPt. The van der Waals surface area contributed by atoms with Gasteiger partial charge in [0.15, 0.2) is 0 Å². The Balaban J connectivity index is 0.00000372.